The number of amides is 2. The van der Waals surface area contributed by atoms with Crippen molar-refractivity contribution in [1.82, 2.24) is 5.32 Å². The Balaban J connectivity index is 1.64. The molecular weight excluding hydrogens is 302 g/mol. The number of halogens is 1. The number of carbonyl (C=O) groups excluding carboxylic acids is 2. The molecular formula is C13H18ClNO6. The molecule has 1 saturated carbocycles. The van der Waals surface area contributed by atoms with E-state index in [-0.39, 0.29) is 12.3 Å². The Labute approximate surface area is 126 Å². The van der Waals surface area contributed by atoms with Crippen LogP contribution in [0.3, 0.4) is 0 Å². The Hall–Kier alpha value is -0.890. The first-order valence-corrected chi connectivity index (χ1v) is 7.44. The summed E-state index contributed by atoms with van der Waals surface area (Å²) in [5.41, 5.74) is -2.42. The number of alkyl carbamates (subject to hydrolysis) is 1. The summed E-state index contributed by atoms with van der Waals surface area (Å²) in [5, 5.41) is 13.0. The molecule has 1 unspecified atom stereocenters. The average molecular weight is 320 g/mol. The van der Waals surface area contributed by atoms with Gasteiger partial charge in [0.25, 0.3) is 0 Å². The topological polar surface area (TPSA) is 101 Å². The number of ether oxygens (including phenoxy) is 3. The number of rotatable bonds is 3. The highest BCUT2D eigenvalue weighted by molar-refractivity contribution is 6.28. The molecule has 1 spiro atoms. The van der Waals surface area contributed by atoms with Crippen LogP contribution in [0, 0.1) is 0 Å². The summed E-state index contributed by atoms with van der Waals surface area (Å²) >= 11 is 5.31. The van der Waals surface area contributed by atoms with Crippen molar-refractivity contribution in [3.63, 3.8) is 0 Å². The minimum Gasteiger partial charge on any atom is -0.446 e. The maximum atomic E-state index is 11.6. The Bertz CT molecular complexity index is 475. The van der Waals surface area contributed by atoms with Gasteiger partial charge in [0.2, 0.25) is 5.91 Å². The lowest BCUT2D eigenvalue weighted by Gasteiger charge is -2.43. The molecule has 2 N–H and O–H groups in total. The minimum absolute atomic E-state index is 0.228. The van der Waals surface area contributed by atoms with E-state index in [0.29, 0.717) is 26.1 Å². The quantitative estimate of drug-likeness (QED) is 0.574. The molecule has 21 heavy (non-hydrogen) atoms. The number of epoxide rings is 2. The van der Waals surface area contributed by atoms with Gasteiger partial charge in [-0.15, -0.1) is 11.6 Å². The maximum absolute atomic E-state index is 11.6. The number of imide groups is 1. The normalized spacial score (nSPS) is 44.2. The molecule has 0 radical (unpaired) electrons. The van der Waals surface area contributed by atoms with E-state index in [0.717, 1.165) is 0 Å². The molecule has 2 saturated heterocycles. The molecule has 0 aromatic carbocycles. The first kappa shape index (κ1) is 15.0. The molecule has 2 amide bonds. The van der Waals surface area contributed by atoms with Crippen LogP contribution >= 0.6 is 11.6 Å². The minimum atomic E-state index is -1.18. The van der Waals surface area contributed by atoms with Crippen LogP contribution in [0.25, 0.3) is 0 Å². The van der Waals surface area contributed by atoms with Gasteiger partial charge in [0.1, 0.15) is 28.8 Å². The standard InChI is InChI=1S/C13H18ClNO6/c1-11(6-19-11)13(18)4-8(2-3-12(13)7-20-12)21-10(17)15-9(16)5-14/h8,18H,2-7H2,1H3,(H,15,16,17)/t8-,11?,12+,13+/m1/s1. The molecule has 4 atom stereocenters. The second kappa shape index (κ2) is 4.81. The zero-order valence-electron chi connectivity index (χ0n) is 11.7. The van der Waals surface area contributed by atoms with E-state index >= 15 is 0 Å². The van der Waals surface area contributed by atoms with Crippen molar-refractivity contribution in [1.29, 1.82) is 0 Å². The summed E-state index contributed by atoms with van der Waals surface area (Å²) in [6.07, 6.45) is 0.0491. The lowest BCUT2D eigenvalue weighted by molar-refractivity contribution is -0.142. The lowest BCUT2D eigenvalue weighted by Crippen LogP contribution is -2.61. The number of nitrogens with one attached hydrogen (secondary N) is 1. The van der Waals surface area contributed by atoms with Crippen LogP contribution in [-0.4, -0.2) is 59.1 Å². The average Bonchev–Trinajstić information content (AvgIpc) is 3.32. The third-order valence-corrected chi connectivity index (χ3v) is 4.97. The van der Waals surface area contributed by atoms with E-state index in [1.165, 1.54) is 0 Å². The smallest absolute Gasteiger partial charge is 0.414 e. The Morgan fingerprint density at radius 1 is 1.43 bits per heavy atom. The fourth-order valence-corrected chi connectivity index (χ4v) is 3.23. The molecule has 0 aromatic rings. The van der Waals surface area contributed by atoms with Crippen LogP contribution in [0.5, 0.6) is 0 Å². The van der Waals surface area contributed by atoms with E-state index in [1.807, 2.05) is 12.2 Å². The van der Waals surface area contributed by atoms with Gasteiger partial charge in [0.15, 0.2) is 0 Å². The van der Waals surface area contributed by atoms with Crippen LogP contribution in [0.2, 0.25) is 0 Å². The van der Waals surface area contributed by atoms with Crippen molar-refractivity contribution in [3.8, 4) is 0 Å². The summed E-state index contributed by atoms with van der Waals surface area (Å²) in [5.74, 6) is -0.931. The summed E-state index contributed by atoms with van der Waals surface area (Å²) in [4.78, 5) is 22.6. The van der Waals surface area contributed by atoms with E-state index in [9.17, 15) is 14.7 Å². The van der Waals surface area contributed by atoms with Crippen LogP contribution in [0.15, 0.2) is 0 Å². The van der Waals surface area contributed by atoms with Crippen molar-refractivity contribution < 1.29 is 28.9 Å². The van der Waals surface area contributed by atoms with E-state index in [2.05, 4.69) is 0 Å². The van der Waals surface area contributed by atoms with Crippen LogP contribution in [0.4, 0.5) is 4.79 Å². The zero-order chi connectivity index (χ0) is 15.3. The molecule has 7 nitrogen and oxygen atoms in total. The summed E-state index contributed by atoms with van der Waals surface area (Å²) in [6.45, 7) is 2.78. The van der Waals surface area contributed by atoms with Crippen molar-refractivity contribution in [2.75, 3.05) is 19.1 Å². The highest BCUT2D eigenvalue weighted by atomic mass is 35.5. The number of hydrogen-bond acceptors (Lipinski definition) is 6. The molecule has 118 valence electrons. The summed E-state index contributed by atoms with van der Waals surface area (Å²) in [6, 6.07) is 0. The van der Waals surface area contributed by atoms with Crippen LogP contribution < -0.4 is 5.32 Å². The van der Waals surface area contributed by atoms with Crippen molar-refractivity contribution in [3.05, 3.63) is 0 Å². The maximum Gasteiger partial charge on any atom is 0.414 e. The van der Waals surface area contributed by atoms with Crippen molar-refractivity contribution >= 4 is 23.6 Å². The van der Waals surface area contributed by atoms with Gasteiger partial charge in [-0.1, -0.05) is 0 Å². The summed E-state index contributed by atoms with van der Waals surface area (Å²) < 4.78 is 16.1. The van der Waals surface area contributed by atoms with E-state index in [1.54, 1.807) is 0 Å². The van der Waals surface area contributed by atoms with Gasteiger partial charge in [-0.05, 0) is 19.8 Å². The predicted molar refractivity (Wildman–Crippen MR) is 71.0 cm³/mol. The highest BCUT2D eigenvalue weighted by Gasteiger charge is 2.74. The monoisotopic (exact) mass is 319 g/mol. The SMILES string of the molecule is CC1([C@@]2(O)C[C@H](OC(=O)NC(=O)CCl)CC[C@]23CO3)CO1. The fourth-order valence-electron chi connectivity index (χ4n) is 3.16. The number of carbonyl (C=O) groups is 2. The zero-order valence-corrected chi connectivity index (χ0v) is 12.4. The molecule has 2 aliphatic heterocycles. The second-order valence-electron chi connectivity index (χ2n) is 6.11. The van der Waals surface area contributed by atoms with Gasteiger partial charge < -0.3 is 19.3 Å². The van der Waals surface area contributed by atoms with Gasteiger partial charge in [0, 0.05) is 6.42 Å². The molecule has 1 aliphatic carbocycles. The van der Waals surface area contributed by atoms with Gasteiger partial charge in [-0.3, -0.25) is 10.1 Å². The van der Waals surface area contributed by atoms with Gasteiger partial charge in [-0.25, -0.2) is 4.79 Å². The van der Waals surface area contributed by atoms with E-state index in [4.69, 9.17) is 25.8 Å². The lowest BCUT2D eigenvalue weighted by atomic mass is 9.67. The molecule has 8 heteroatoms. The molecule has 3 aliphatic rings. The largest absolute Gasteiger partial charge is 0.446 e. The van der Waals surface area contributed by atoms with E-state index < -0.39 is 34.9 Å². The highest BCUT2D eigenvalue weighted by Crippen LogP contribution is 2.58. The number of alkyl halides is 1. The second-order valence-corrected chi connectivity index (χ2v) is 6.38. The first-order chi connectivity index (χ1) is 9.84. The molecule has 0 aromatic heterocycles. The Kier molecular flexibility index (Phi) is 3.44. The first-order valence-electron chi connectivity index (χ1n) is 6.91. The third-order valence-electron chi connectivity index (χ3n) is 4.73. The number of aliphatic hydroxyl groups is 1. The van der Waals surface area contributed by atoms with Crippen molar-refractivity contribution in [2.24, 2.45) is 0 Å². The predicted octanol–water partition coefficient (Wildman–Crippen LogP) is 0.319. The van der Waals surface area contributed by atoms with Gasteiger partial charge >= 0.3 is 6.09 Å². The fraction of sp³-hybridized carbons (Fsp3) is 0.846. The molecule has 3 rings (SSSR count). The van der Waals surface area contributed by atoms with Crippen LogP contribution in [-0.2, 0) is 19.0 Å². The Morgan fingerprint density at radius 2 is 2.10 bits per heavy atom. The van der Waals surface area contributed by atoms with Crippen LogP contribution in [0.1, 0.15) is 26.2 Å². The molecule has 0 bridgehead atoms. The molecule has 3 fully saturated rings. The summed E-state index contributed by atoms with van der Waals surface area (Å²) in [7, 11) is 0. The molecule has 2 heterocycles. The van der Waals surface area contributed by atoms with Gasteiger partial charge in [-0.2, -0.15) is 0 Å². The number of hydrogen-bond donors (Lipinski definition) is 2. The van der Waals surface area contributed by atoms with Crippen molar-refractivity contribution in [2.45, 2.75) is 49.1 Å². The Morgan fingerprint density at radius 3 is 2.62 bits per heavy atom. The van der Waals surface area contributed by atoms with Gasteiger partial charge in [0.05, 0.1) is 13.2 Å². The third kappa shape index (κ3) is 2.42.